The highest BCUT2D eigenvalue weighted by molar-refractivity contribution is 5.91. The lowest BCUT2D eigenvalue weighted by atomic mass is 9.93. The molecular formula is C25H24F3N7O2. The zero-order valence-electron chi connectivity index (χ0n) is 20.0. The molecular weight excluding hydrogens is 487 g/mol. The van der Waals surface area contributed by atoms with Gasteiger partial charge in [0, 0.05) is 28.6 Å². The number of hydrogen-bond donors (Lipinski definition) is 5. The van der Waals surface area contributed by atoms with Crippen LogP contribution < -0.4 is 16.0 Å². The molecule has 5 rings (SSSR count). The molecule has 37 heavy (non-hydrogen) atoms. The van der Waals surface area contributed by atoms with Gasteiger partial charge < -0.3 is 15.7 Å². The van der Waals surface area contributed by atoms with Gasteiger partial charge in [-0.2, -0.15) is 18.3 Å². The van der Waals surface area contributed by atoms with Crippen LogP contribution in [0, 0.1) is 6.92 Å². The Balaban J connectivity index is 1.71. The molecule has 2 aromatic heterocycles. The van der Waals surface area contributed by atoms with Crippen LogP contribution in [0.4, 0.5) is 24.8 Å². The quantitative estimate of drug-likeness (QED) is 0.249. The molecule has 0 saturated heterocycles. The van der Waals surface area contributed by atoms with E-state index < -0.39 is 18.0 Å². The molecule has 1 atom stereocenters. The number of amides is 1. The third kappa shape index (κ3) is 4.60. The van der Waals surface area contributed by atoms with Gasteiger partial charge in [-0.1, -0.05) is 31.2 Å². The maximum absolute atomic E-state index is 14.5. The van der Waals surface area contributed by atoms with Crippen LogP contribution in [0.2, 0.25) is 0 Å². The summed E-state index contributed by atoms with van der Waals surface area (Å²) in [5.41, 5.74) is 0.289. The van der Waals surface area contributed by atoms with Crippen LogP contribution in [0.5, 0.6) is 0 Å². The number of alkyl halides is 3. The molecule has 2 aromatic carbocycles. The van der Waals surface area contributed by atoms with Crippen molar-refractivity contribution in [3.8, 4) is 11.4 Å². The molecule has 1 unspecified atom stereocenters. The van der Waals surface area contributed by atoms with Crippen molar-refractivity contribution < 1.29 is 23.1 Å². The van der Waals surface area contributed by atoms with Gasteiger partial charge >= 0.3 is 6.18 Å². The first-order chi connectivity index (χ1) is 17.7. The van der Waals surface area contributed by atoms with Crippen LogP contribution in [-0.2, 0) is 23.9 Å². The number of carbonyl (C=O) groups excluding carboxylic acids is 1. The van der Waals surface area contributed by atoms with E-state index in [1.165, 1.54) is 19.1 Å². The lowest BCUT2D eigenvalue weighted by Gasteiger charge is -2.24. The maximum Gasteiger partial charge on any atom is 0.417 e. The van der Waals surface area contributed by atoms with Crippen molar-refractivity contribution in [3.63, 3.8) is 0 Å². The van der Waals surface area contributed by atoms with Crippen molar-refractivity contribution in [2.75, 3.05) is 11.9 Å². The number of carbonyl (C=O) groups is 1. The van der Waals surface area contributed by atoms with Gasteiger partial charge in [0.1, 0.15) is 12.0 Å². The van der Waals surface area contributed by atoms with Gasteiger partial charge in [-0.3, -0.25) is 15.2 Å². The molecule has 1 amide bonds. The monoisotopic (exact) mass is 511 g/mol. The maximum atomic E-state index is 14.5. The van der Waals surface area contributed by atoms with Gasteiger partial charge in [0.25, 0.3) is 0 Å². The fourth-order valence-corrected chi connectivity index (χ4v) is 4.52. The van der Waals surface area contributed by atoms with Crippen LogP contribution in [0.15, 0.2) is 36.4 Å². The molecule has 0 radical (unpaired) electrons. The number of aryl methyl sites for hydroxylation is 1. The molecule has 192 valence electrons. The Morgan fingerprint density at radius 3 is 2.68 bits per heavy atom. The molecule has 0 aliphatic carbocycles. The topological polar surface area (TPSA) is 128 Å². The highest BCUT2D eigenvalue weighted by atomic mass is 19.4. The third-order valence-electron chi connectivity index (χ3n) is 6.25. The van der Waals surface area contributed by atoms with E-state index >= 15 is 0 Å². The molecule has 0 fully saturated rings. The van der Waals surface area contributed by atoms with E-state index in [1.54, 1.807) is 6.92 Å². The summed E-state index contributed by atoms with van der Waals surface area (Å²) in [5.74, 6) is 0.159. The number of aromatic nitrogens is 4. The summed E-state index contributed by atoms with van der Waals surface area (Å²) in [6, 6.07) is 10.1. The van der Waals surface area contributed by atoms with Crippen LogP contribution in [0.3, 0.4) is 0 Å². The Kier molecular flexibility index (Phi) is 6.30. The number of aromatic amines is 1. The number of fused-ring (bicyclic) bond motifs is 2. The van der Waals surface area contributed by atoms with E-state index in [-0.39, 0.29) is 53.8 Å². The van der Waals surface area contributed by atoms with Crippen molar-refractivity contribution in [3.05, 3.63) is 64.3 Å². The third-order valence-corrected chi connectivity index (χ3v) is 6.25. The molecule has 1 aliphatic heterocycles. The molecule has 12 heteroatoms. The van der Waals surface area contributed by atoms with E-state index in [0.717, 1.165) is 10.9 Å². The lowest BCUT2D eigenvalue weighted by molar-refractivity contribution is -0.139. The first kappa shape index (κ1) is 24.7. The standard InChI is InChI=1S/C25H24F3N7O2/c1-3-29-24(37)19-12(2)8-9-14(20(19)25(26,27)28)21-31-17-10-18(36)30-11-15(17)22(32-21)33-23-13-6-4-5-7-16(13)34-35-23/h4-9,24,29,37H,3,10-11H2,1-2H3,(H,30,36)(H2,31,32,33,34,35). The van der Waals surface area contributed by atoms with Gasteiger partial charge in [-0.15, -0.1) is 0 Å². The Labute approximate surface area is 209 Å². The van der Waals surface area contributed by atoms with Gasteiger partial charge in [-0.25, -0.2) is 9.97 Å². The number of nitrogens with zero attached hydrogens (tertiary/aromatic N) is 3. The summed E-state index contributed by atoms with van der Waals surface area (Å²) in [4.78, 5) is 21.0. The minimum atomic E-state index is -4.81. The first-order valence-corrected chi connectivity index (χ1v) is 11.7. The summed E-state index contributed by atoms with van der Waals surface area (Å²) < 4.78 is 43.4. The number of H-pyrrole nitrogens is 1. The second-order valence-corrected chi connectivity index (χ2v) is 8.69. The Hall–Kier alpha value is -4.03. The van der Waals surface area contributed by atoms with E-state index in [0.29, 0.717) is 17.1 Å². The summed E-state index contributed by atoms with van der Waals surface area (Å²) in [5, 5.41) is 27.0. The number of anilines is 2. The number of halogens is 3. The predicted molar refractivity (Wildman–Crippen MR) is 131 cm³/mol. The molecule has 0 bridgehead atoms. The van der Waals surface area contributed by atoms with E-state index in [9.17, 15) is 23.1 Å². The van der Waals surface area contributed by atoms with Gasteiger partial charge in [-0.05, 0) is 31.2 Å². The van der Waals surface area contributed by atoms with Crippen LogP contribution in [-0.4, -0.2) is 37.7 Å². The molecule has 5 N–H and O–H groups in total. The summed E-state index contributed by atoms with van der Waals surface area (Å²) in [7, 11) is 0. The number of aliphatic hydroxyl groups is 1. The fraction of sp³-hybridized carbons (Fsp3) is 0.280. The normalized spacial score (nSPS) is 14.4. The summed E-state index contributed by atoms with van der Waals surface area (Å²) in [6.07, 6.45) is -6.46. The molecule has 0 saturated carbocycles. The highest BCUT2D eigenvalue weighted by Crippen LogP contribution is 2.42. The summed E-state index contributed by atoms with van der Waals surface area (Å²) >= 11 is 0. The zero-order valence-corrected chi connectivity index (χ0v) is 20.0. The van der Waals surface area contributed by atoms with Crippen LogP contribution >= 0.6 is 0 Å². The number of rotatable bonds is 6. The predicted octanol–water partition coefficient (Wildman–Crippen LogP) is 3.86. The van der Waals surface area contributed by atoms with Crippen molar-refractivity contribution >= 4 is 28.4 Å². The minimum absolute atomic E-state index is 0.110. The number of para-hydroxylation sites is 1. The van der Waals surface area contributed by atoms with Crippen molar-refractivity contribution in [1.82, 2.24) is 30.8 Å². The lowest BCUT2D eigenvalue weighted by Crippen LogP contribution is -2.32. The number of aliphatic hydroxyl groups excluding tert-OH is 1. The Morgan fingerprint density at radius 1 is 1.14 bits per heavy atom. The first-order valence-electron chi connectivity index (χ1n) is 11.7. The summed E-state index contributed by atoms with van der Waals surface area (Å²) in [6.45, 7) is 3.56. The zero-order chi connectivity index (χ0) is 26.3. The van der Waals surface area contributed by atoms with E-state index in [1.807, 2.05) is 24.3 Å². The average Bonchev–Trinajstić information content (AvgIpc) is 3.25. The minimum Gasteiger partial charge on any atom is -0.374 e. The van der Waals surface area contributed by atoms with Gasteiger partial charge in [0.15, 0.2) is 11.6 Å². The average molecular weight is 512 g/mol. The smallest absolute Gasteiger partial charge is 0.374 e. The number of benzene rings is 2. The Morgan fingerprint density at radius 2 is 1.92 bits per heavy atom. The fourth-order valence-electron chi connectivity index (χ4n) is 4.52. The van der Waals surface area contributed by atoms with Crippen molar-refractivity contribution in [2.45, 2.75) is 39.2 Å². The molecule has 3 heterocycles. The second kappa shape index (κ2) is 9.45. The molecule has 0 spiro atoms. The van der Waals surface area contributed by atoms with Crippen molar-refractivity contribution in [2.24, 2.45) is 0 Å². The van der Waals surface area contributed by atoms with E-state index in [4.69, 9.17) is 0 Å². The van der Waals surface area contributed by atoms with E-state index in [2.05, 4.69) is 36.1 Å². The van der Waals surface area contributed by atoms with Crippen LogP contribution in [0.1, 0.15) is 41.1 Å². The SMILES string of the molecule is CCNC(O)c1c(C)ccc(-c2nc3c(c(Nc4n[nH]c5ccccc45)n2)CNC(=O)C3)c1C(F)(F)F. The largest absolute Gasteiger partial charge is 0.417 e. The van der Waals surface area contributed by atoms with Crippen molar-refractivity contribution in [1.29, 1.82) is 0 Å². The molecule has 4 aromatic rings. The second-order valence-electron chi connectivity index (χ2n) is 8.69. The highest BCUT2D eigenvalue weighted by Gasteiger charge is 2.40. The number of hydrogen-bond acceptors (Lipinski definition) is 7. The van der Waals surface area contributed by atoms with Gasteiger partial charge in [0.2, 0.25) is 5.91 Å². The van der Waals surface area contributed by atoms with Crippen LogP contribution in [0.25, 0.3) is 22.3 Å². The molecule has 1 aliphatic rings. The Bertz CT molecular complexity index is 1500. The number of nitrogens with one attached hydrogen (secondary N) is 4. The van der Waals surface area contributed by atoms with Gasteiger partial charge in [0.05, 0.1) is 23.2 Å². The molecule has 9 nitrogen and oxygen atoms in total.